The number of aromatic hydroxyl groups is 1. The molecule has 1 fully saturated rings. The highest BCUT2D eigenvalue weighted by molar-refractivity contribution is 9.12. The third-order valence-corrected chi connectivity index (χ3v) is 7.98. The lowest BCUT2D eigenvalue weighted by molar-refractivity contribution is -0.138. The lowest BCUT2D eigenvalue weighted by Crippen LogP contribution is -2.39. The summed E-state index contributed by atoms with van der Waals surface area (Å²) in [7, 11) is 4.30. The molecule has 1 heterocycles. The maximum atomic E-state index is 13.2. The van der Waals surface area contributed by atoms with E-state index in [1.807, 2.05) is 6.08 Å². The number of likely N-dealkylation sites (tertiary alicyclic amines) is 1. The third kappa shape index (κ3) is 3.02. The maximum Gasteiger partial charge on any atom is 0.233 e. The molecule has 0 saturated carbocycles. The fourth-order valence-corrected chi connectivity index (χ4v) is 6.27. The van der Waals surface area contributed by atoms with Gasteiger partial charge in [-0.15, -0.1) is 0 Å². The van der Waals surface area contributed by atoms with E-state index in [0.717, 1.165) is 5.57 Å². The number of ketones is 2. The van der Waals surface area contributed by atoms with Crippen LogP contribution in [0.5, 0.6) is 17.2 Å². The molecule has 4 atom stereocenters. The number of ether oxygens (including phenoxy) is 2. The summed E-state index contributed by atoms with van der Waals surface area (Å²) in [6.45, 7) is 0. The van der Waals surface area contributed by atoms with E-state index in [4.69, 9.17) is 9.47 Å². The third-order valence-electron chi connectivity index (χ3n) is 7.39. The van der Waals surface area contributed by atoms with Crippen LogP contribution in [0.15, 0.2) is 45.5 Å². The minimum absolute atomic E-state index is 0.158. The molecule has 1 aromatic carbocycles. The van der Waals surface area contributed by atoms with E-state index in [2.05, 4.69) is 15.9 Å². The molecule has 4 unspecified atom stereocenters. The number of hydrogen-bond acceptors (Lipinski definition) is 7. The smallest absolute Gasteiger partial charge is 0.233 e. The first-order valence-corrected chi connectivity index (χ1v) is 11.6. The standard InChI is InChI=1S/C25H22BrNO7/c1-27-24(31)12-5-4-11-13(20(12)25(27)32)8-14-21(16(28)9-15(26)22(14)29)19(11)10-6-17(33-2)23(30)18(7-10)34-3/h4,6-7,9,12-13,19-20,30H,5,8H2,1-3H3. The van der Waals surface area contributed by atoms with Crippen molar-refractivity contribution >= 4 is 39.3 Å². The zero-order valence-electron chi connectivity index (χ0n) is 18.8. The van der Waals surface area contributed by atoms with Crippen LogP contribution >= 0.6 is 15.9 Å². The Morgan fingerprint density at radius 3 is 2.29 bits per heavy atom. The number of carbonyl (C=O) groups is 4. The van der Waals surface area contributed by atoms with E-state index < -0.39 is 23.7 Å². The number of Topliss-reactive ketones (excluding diaryl/α,β-unsaturated/α-hetero) is 1. The first kappa shape index (κ1) is 22.6. The average molecular weight is 528 g/mol. The summed E-state index contributed by atoms with van der Waals surface area (Å²) in [5.74, 6) is -3.09. The van der Waals surface area contributed by atoms with Crippen LogP contribution in [0.2, 0.25) is 0 Å². The van der Waals surface area contributed by atoms with Crippen LogP contribution in [0.4, 0.5) is 0 Å². The van der Waals surface area contributed by atoms with Crippen LogP contribution in [-0.4, -0.2) is 54.7 Å². The molecule has 0 spiro atoms. The van der Waals surface area contributed by atoms with Gasteiger partial charge in [0.05, 0.1) is 30.5 Å². The van der Waals surface area contributed by atoms with E-state index in [-0.39, 0.29) is 51.5 Å². The molecule has 1 saturated heterocycles. The Balaban J connectivity index is 1.75. The number of nitrogens with zero attached hydrogens (tertiary/aromatic N) is 1. The molecule has 9 heteroatoms. The molecular weight excluding hydrogens is 506 g/mol. The SMILES string of the molecule is COc1cc(C2C3=CCC4C(=O)N(C)C(=O)C4C3CC3=C2C(=O)C=C(Br)C3=O)cc(OC)c1O. The zero-order chi connectivity index (χ0) is 24.5. The van der Waals surface area contributed by atoms with Gasteiger partial charge < -0.3 is 14.6 Å². The number of carbonyl (C=O) groups excluding carboxylic acids is 4. The van der Waals surface area contributed by atoms with Crippen molar-refractivity contribution < 1.29 is 33.8 Å². The van der Waals surface area contributed by atoms with Gasteiger partial charge >= 0.3 is 0 Å². The van der Waals surface area contributed by atoms with Gasteiger partial charge in [-0.1, -0.05) is 11.6 Å². The second kappa shape index (κ2) is 7.94. The summed E-state index contributed by atoms with van der Waals surface area (Å²) in [5.41, 5.74) is 2.09. The Labute approximate surface area is 204 Å². The van der Waals surface area contributed by atoms with E-state index in [9.17, 15) is 24.3 Å². The van der Waals surface area contributed by atoms with Gasteiger partial charge in [0.1, 0.15) is 0 Å². The van der Waals surface area contributed by atoms with E-state index in [0.29, 0.717) is 23.1 Å². The van der Waals surface area contributed by atoms with E-state index >= 15 is 0 Å². The van der Waals surface area contributed by atoms with Crippen molar-refractivity contribution in [3.05, 3.63) is 51.0 Å². The van der Waals surface area contributed by atoms with Crippen LogP contribution < -0.4 is 9.47 Å². The lowest BCUT2D eigenvalue weighted by Gasteiger charge is -2.42. The highest BCUT2D eigenvalue weighted by Crippen LogP contribution is 2.56. The topological polar surface area (TPSA) is 110 Å². The number of imide groups is 1. The highest BCUT2D eigenvalue weighted by atomic mass is 79.9. The summed E-state index contributed by atoms with van der Waals surface area (Å²) in [6, 6.07) is 3.22. The van der Waals surface area contributed by atoms with E-state index in [1.54, 1.807) is 12.1 Å². The molecular formula is C25H22BrNO7. The molecule has 0 radical (unpaired) electrons. The van der Waals surface area contributed by atoms with Gasteiger partial charge in [-0.25, -0.2) is 0 Å². The number of benzene rings is 1. The summed E-state index contributed by atoms with van der Waals surface area (Å²) >= 11 is 3.20. The average Bonchev–Trinajstić information content (AvgIpc) is 3.05. The molecule has 4 aliphatic rings. The summed E-state index contributed by atoms with van der Waals surface area (Å²) < 4.78 is 10.8. The number of fused-ring (bicyclic) bond motifs is 3. The summed E-state index contributed by atoms with van der Waals surface area (Å²) in [6.07, 6.45) is 3.78. The van der Waals surface area contributed by atoms with Gasteiger partial charge in [-0.2, -0.15) is 0 Å². The lowest BCUT2D eigenvalue weighted by atomic mass is 9.59. The molecule has 1 N–H and O–H groups in total. The molecule has 0 bridgehead atoms. The molecule has 34 heavy (non-hydrogen) atoms. The van der Waals surface area contributed by atoms with Crippen molar-refractivity contribution in [2.75, 3.05) is 21.3 Å². The molecule has 2 amide bonds. The molecule has 176 valence electrons. The highest BCUT2D eigenvalue weighted by Gasteiger charge is 2.55. The summed E-state index contributed by atoms with van der Waals surface area (Å²) in [4.78, 5) is 53.3. The number of amides is 2. The fourth-order valence-electron chi connectivity index (χ4n) is 5.82. The molecule has 1 aromatic rings. The second-order valence-corrected chi connectivity index (χ2v) is 9.76. The normalized spacial score (nSPS) is 28.3. The minimum atomic E-state index is -0.653. The zero-order valence-corrected chi connectivity index (χ0v) is 20.3. The Morgan fingerprint density at radius 2 is 1.68 bits per heavy atom. The van der Waals surface area contributed by atoms with Crippen molar-refractivity contribution in [3.63, 3.8) is 0 Å². The van der Waals surface area contributed by atoms with Crippen LogP contribution in [0.1, 0.15) is 24.3 Å². The van der Waals surface area contributed by atoms with Crippen LogP contribution in [-0.2, 0) is 19.2 Å². The largest absolute Gasteiger partial charge is 0.502 e. The molecule has 5 rings (SSSR count). The maximum absolute atomic E-state index is 13.2. The van der Waals surface area contributed by atoms with Crippen LogP contribution in [0.3, 0.4) is 0 Å². The van der Waals surface area contributed by atoms with Crippen LogP contribution in [0, 0.1) is 17.8 Å². The molecule has 1 aliphatic heterocycles. The molecule has 8 nitrogen and oxygen atoms in total. The van der Waals surface area contributed by atoms with Gasteiger partial charge in [0.25, 0.3) is 0 Å². The van der Waals surface area contributed by atoms with Crippen molar-refractivity contribution in [1.82, 2.24) is 4.90 Å². The number of hydrogen-bond donors (Lipinski definition) is 1. The fraction of sp³-hybridized carbons (Fsp3) is 0.360. The molecule has 0 aromatic heterocycles. The Bertz CT molecular complexity index is 1250. The quantitative estimate of drug-likeness (QED) is 0.365. The van der Waals surface area contributed by atoms with Gasteiger partial charge in [-0.05, 0) is 52.4 Å². The predicted molar refractivity (Wildman–Crippen MR) is 124 cm³/mol. The Morgan fingerprint density at radius 1 is 1.03 bits per heavy atom. The Kier molecular flexibility index (Phi) is 5.27. The number of phenolic OH excluding ortho intramolecular Hbond substituents is 1. The van der Waals surface area contributed by atoms with Gasteiger partial charge in [0.2, 0.25) is 17.6 Å². The first-order chi connectivity index (χ1) is 16.2. The monoisotopic (exact) mass is 527 g/mol. The van der Waals surface area contributed by atoms with Crippen molar-refractivity contribution in [2.45, 2.75) is 18.8 Å². The van der Waals surface area contributed by atoms with Crippen molar-refractivity contribution in [3.8, 4) is 17.2 Å². The van der Waals surface area contributed by atoms with Gasteiger partial charge in [-0.3, -0.25) is 24.1 Å². The second-order valence-electron chi connectivity index (χ2n) is 8.90. The Hall–Kier alpha value is -3.20. The van der Waals surface area contributed by atoms with E-state index in [1.165, 1.54) is 32.2 Å². The van der Waals surface area contributed by atoms with Crippen LogP contribution in [0.25, 0.3) is 0 Å². The molecule has 3 aliphatic carbocycles. The predicted octanol–water partition coefficient (Wildman–Crippen LogP) is 2.80. The number of methoxy groups -OCH3 is 2. The van der Waals surface area contributed by atoms with Crippen molar-refractivity contribution in [2.24, 2.45) is 17.8 Å². The van der Waals surface area contributed by atoms with Gasteiger partial charge in [0.15, 0.2) is 23.1 Å². The first-order valence-electron chi connectivity index (χ1n) is 10.8. The van der Waals surface area contributed by atoms with Crippen molar-refractivity contribution in [1.29, 1.82) is 0 Å². The minimum Gasteiger partial charge on any atom is -0.502 e. The number of allylic oxidation sites excluding steroid dienone is 6. The number of phenols is 1. The summed E-state index contributed by atoms with van der Waals surface area (Å²) in [5, 5.41) is 10.4. The number of rotatable bonds is 3. The number of halogens is 1. The van der Waals surface area contributed by atoms with Gasteiger partial charge in [0, 0.05) is 30.2 Å².